The molecular weight excluding hydrogens is 262 g/mol. The van der Waals surface area contributed by atoms with E-state index in [-0.39, 0.29) is 0 Å². The SMILES string of the molecule is CCc1nc(NCc2ccccc2)c2c(n1)c(C)nn2C. The van der Waals surface area contributed by atoms with Crippen molar-refractivity contribution in [3.8, 4) is 0 Å². The number of rotatable bonds is 4. The van der Waals surface area contributed by atoms with E-state index >= 15 is 0 Å². The Hall–Kier alpha value is -2.43. The Balaban J connectivity index is 2.00. The average molecular weight is 281 g/mol. The summed E-state index contributed by atoms with van der Waals surface area (Å²) in [5, 5.41) is 7.88. The van der Waals surface area contributed by atoms with Gasteiger partial charge in [0.1, 0.15) is 16.9 Å². The minimum Gasteiger partial charge on any atom is -0.364 e. The predicted octanol–water partition coefficient (Wildman–Crippen LogP) is 2.85. The van der Waals surface area contributed by atoms with Gasteiger partial charge in [0.15, 0.2) is 5.82 Å². The molecule has 1 N–H and O–H groups in total. The van der Waals surface area contributed by atoms with Crippen molar-refractivity contribution in [2.45, 2.75) is 26.8 Å². The molecular formula is C16H19N5. The first-order valence-electron chi connectivity index (χ1n) is 7.17. The molecule has 0 atom stereocenters. The molecule has 1 aromatic carbocycles. The van der Waals surface area contributed by atoms with Crippen LogP contribution in [0.5, 0.6) is 0 Å². The number of aromatic nitrogens is 4. The molecule has 0 bridgehead atoms. The Kier molecular flexibility index (Phi) is 3.56. The summed E-state index contributed by atoms with van der Waals surface area (Å²) < 4.78 is 1.84. The molecule has 0 amide bonds. The molecule has 2 aromatic heterocycles. The van der Waals surface area contributed by atoms with E-state index in [4.69, 9.17) is 0 Å². The van der Waals surface area contributed by atoms with Gasteiger partial charge >= 0.3 is 0 Å². The van der Waals surface area contributed by atoms with Gasteiger partial charge in [-0.25, -0.2) is 9.97 Å². The van der Waals surface area contributed by atoms with Crippen LogP contribution in [0.3, 0.4) is 0 Å². The lowest BCUT2D eigenvalue weighted by atomic mass is 10.2. The zero-order chi connectivity index (χ0) is 14.8. The lowest BCUT2D eigenvalue weighted by molar-refractivity contribution is 0.781. The Bertz CT molecular complexity index is 761. The minimum absolute atomic E-state index is 0.736. The zero-order valence-electron chi connectivity index (χ0n) is 12.6. The van der Waals surface area contributed by atoms with E-state index in [0.29, 0.717) is 0 Å². The summed E-state index contributed by atoms with van der Waals surface area (Å²) in [5.41, 5.74) is 4.05. The molecule has 0 saturated heterocycles. The fourth-order valence-corrected chi connectivity index (χ4v) is 2.45. The van der Waals surface area contributed by atoms with Crippen molar-refractivity contribution < 1.29 is 0 Å². The van der Waals surface area contributed by atoms with Crippen molar-refractivity contribution in [1.29, 1.82) is 0 Å². The fraction of sp³-hybridized carbons (Fsp3) is 0.312. The van der Waals surface area contributed by atoms with Crippen molar-refractivity contribution in [1.82, 2.24) is 19.7 Å². The number of fused-ring (bicyclic) bond motifs is 1. The Labute approximate surface area is 124 Å². The number of benzene rings is 1. The van der Waals surface area contributed by atoms with Gasteiger partial charge in [0.05, 0.1) is 5.69 Å². The summed E-state index contributed by atoms with van der Waals surface area (Å²) in [6, 6.07) is 10.3. The van der Waals surface area contributed by atoms with Gasteiger partial charge < -0.3 is 5.32 Å². The standard InChI is InChI=1S/C16H19N5/c1-4-13-18-14-11(2)20-21(3)15(14)16(19-13)17-10-12-8-6-5-7-9-12/h5-9H,4,10H2,1-3H3,(H,17,18,19). The number of nitrogens with zero attached hydrogens (tertiary/aromatic N) is 4. The maximum Gasteiger partial charge on any atom is 0.156 e. The van der Waals surface area contributed by atoms with Crippen LogP contribution in [0.25, 0.3) is 11.0 Å². The maximum absolute atomic E-state index is 4.63. The first-order valence-corrected chi connectivity index (χ1v) is 7.17. The second-order valence-corrected chi connectivity index (χ2v) is 5.09. The van der Waals surface area contributed by atoms with E-state index in [0.717, 1.165) is 41.3 Å². The monoisotopic (exact) mass is 281 g/mol. The molecule has 108 valence electrons. The Morgan fingerprint density at radius 1 is 1.14 bits per heavy atom. The number of aryl methyl sites for hydroxylation is 3. The molecule has 5 heteroatoms. The number of hydrogen-bond donors (Lipinski definition) is 1. The molecule has 3 aromatic rings. The van der Waals surface area contributed by atoms with Crippen LogP contribution in [0.1, 0.15) is 24.0 Å². The van der Waals surface area contributed by atoms with Gasteiger partial charge in [-0.05, 0) is 12.5 Å². The summed E-state index contributed by atoms with van der Waals surface area (Å²) in [6.07, 6.45) is 0.810. The summed E-state index contributed by atoms with van der Waals surface area (Å²) in [4.78, 5) is 9.22. The maximum atomic E-state index is 4.63. The molecule has 21 heavy (non-hydrogen) atoms. The molecule has 5 nitrogen and oxygen atoms in total. The fourth-order valence-electron chi connectivity index (χ4n) is 2.45. The van der Waals surface area contributed by atoms with Crippen molar-refractivity contribution in [3.05, 3.63) is 47.4 Å². The third kappa shape index (κ3) is 2.59. The summed E-state index contributed by atoms with van der Waals surface area (Å²) >= 11 is 0. The van der Waals surface area contributed by atoms with Crippen LogP contribution in [-0.4, -0.2) is 19.7 Å². The molecule has 0 aliphatic rings. The highest BCUT2D eigenvalue weighted by atomic mass is 15.3. The predicted molar refractivity (Wildman–Crippen MR) is 84.2 cm³/mol. The second kappa shape index (κ2) is 5.52. The van der Waals surface area contributed by atoms with Crippen LogP contribution < -0.4 is 5.32 Å². The second-order valence-electron chi connectivity index (χ2n) is 5.09. The van der Waals surface area contributed by atoms with Gasteiger partial charge in [-0.2, -0.15) is 5.10 Å². The molecule has 2 heterocycles. The van der Waals surface area contributed by atoms with Crippen molar-refractivity contribution in [2.24, 2.45) is 7.05 Å². The highest BCUT2D eigenvalue weighted by Crippen LogP contribution is 2.23. The third-order valence-corrected chi connectivity index (χ3v) is 3.52. The van der Waals surface area contributed by atoms with E-state index in [2.05, 4.69) is 39.4 Å². The molecule has 3 rings (SSSR count). The van der Waals surface area contributed by atoms with E-state index in [1.54, 1.807) is 0 Å². The van der Waals surface area contributed by atoms with Crippen LogP contribution >= 0.6 is 0 Å². The van der Waals surface area contributed by atoms with Gasteiger partial charge in [-0.1, -0.05) is 37.3 Å². The first-order chi connectivity index (χ1) is 10.2. The van der Waals surface area contributed by atoms with Gasteiger partial charge in [0, 0.05) is 20.0 Å². The molecule has 0 fully saturated rings. The van der Waals surface area contributed by atoms with Gasteiger partial charge in [-0.15, -0.1) is 0 Å². The van der Waals surface area contributed by atoms with Gasteiger partial charge in [0.2, 0.25) is 0 Å². The van der Waals surface area contributed by atoms with Crippen molar-refractivity contribution in [2.75, 3.05) is 5.32 Å². The average Bonchev–Trinajstić information content (AvgIpc) is 2.80. The summed E-state index contributed by atoms with van der Waals surface area (Å²) in [6.45, 7) is 4.78. The van der Waals surface area contributed by atoms with E-state index < -0.39 is 0 Å². The normalized spacial score (nSPS) is 11.0. The zero-order valence-corrected chi connectivity index (χ0v) is 12.6. The molecule has 0 unspecified atom stereocenters. The number of anilines is 1. The quantitative estimate of drug-likeness (QED) is 0.799. The van der Waals surface area contributed by atoms with Crippen LogP contribution in [0, 0.1) is 6.92 Å². The van der Waals surface area contributed by atoms with Gasteiger partial charge in [0.25, 0.3) is 0 Å². The molecule has 0 aliphatic carbocycles. The van der Waals surface area contributed by atoms with Crippen LogP contribution in [0.15, 0.2) is 30.3 Å². The van der Waals surface area contributed by atoms with Crippen LogP contribution in [-0.2, 0) is 20.0 Å². The topological polar surface area (TPSA) is 55.6 Å². The van der Waals surface area contributed by atoms with Crippen LogP contribution in [0.2, 0.25) is 0 Å². The van der Waals surface area contributed by atoms with E-state index in [9.17, 15) is 0 Å². The lowest BCUT2D eigenvalue weighted by Crippen LogP contribution is -2.06. The Morgan fingerprint density at radius 2 is 1.90 bits per heavy atom. The largest absolute Gasteiger partial charge is 0.364 e. The smallest absolute Gasteiger partial charge is 0.156 e. The van der Waals surface area contributed by atoms with Crippen molar-refractivity contribution in [3.63, 3.8) is 0 Å². The lowest BCUT2D eigenvalue weighted by Gasteiger charge is -2.09. The number of nitrogens with one attached hydrogen (secondary N) is 1. The summed E-state index contributed by atoms with van der Waals surface area (Å²) in [5.74, 6) is 1.69. The molecule has 0 radical (unpaired) electrons. The van der Waals surface area contributed by atoms with Crippen LogP contribution in [0.4, 0.5) is 5.82 Å². The van der Waals surface area contributed by atoms with E-state index in [1.807, 2.05) is 36.9 Å². The van der Waals surface area contributed by atoms with Gasteiger partial charge in [-0.3, -0.25) is 4.68 Å². The highest BCUT2D eigenvalue weighted by Gasteiger charge is 2.14. The molecule has 0 aliphatic heterocycles. The third-order valence-electron chi connectivity index (χ3n) is 3.52. The Morgan fingerprint density at radius 3 is 2.62 bits per heavy atom. The molecule has 0 spiro atoms. The molecule has 0 saturated carbocycles. The van der Waals surface area contributed by atoms with Crippen molar-refractivity contribution >= 4 is 16.9 Å². The first kappa shape index (κ1) is 13.5. The number of hydrogen-bond acceptors (Lipinski definition) is 4. The summed E-state index contributed by atoms with van der Waals surface area (Å²) in [7, 11) is 1.93. The highest BCUT2D eigenvalue weighted by molar-refractivity contribution is 5.87. The minimum atomic E-state index is 0.736. The van der Waals surface area contributed by atoms with E-state index in [1.165, 1.54) is 5.56 Å².